The molecule has 0 saturated heterocycles. The lowest BCUT2D eigenvalue weighted by molar-refractivity contribution is 0.0512. The predicted molar refractivity (Wildman–Crippen MR) is 94.2 cm³/mol. The van der Waals surface area contributed by atoms with Crippen molar-refractivity contribution in [2.45, 2.75) is 25.7 Å². The van der Waals surface area contributed by atoms with Gasteiger partial charge in [0.1, 0.15) is 5.56 Å². The third-order valence-electron chi connectivity index (χ3n) is 4.25. The van der Waals surface area contributed by atoms with Crippen LogP contribution in [0.15, 0.2) is 35.1 Å². The molecule has 0 aliphatic heterocycles. The molecule has 0 spiro atoms. The summed E-state index contributed by atoms with van der Waals surface area (Å²) in [5, 5.41) is 11.7. The number of nitrogens with zero attached hydrogens (tertiary/aromatic N) is 4. The van der Waals surface area contributed by atoms with Crippen molar-refractivity contribution in [1.82, 2.24) is 20.2 Å². The Labute approximate surface area is 159 Å². The normalized spacial score (nSPS) is 13.6. The monoisotopic (exact) mass is 386 g/mol. The van der Waals surface area contributed by atoms with E-state index in [4.69, 9.17) is 20.9 Å². The van der Waals surface area contributed by atoms with Crippen LogP contribution in [0.2, 0.25) is 5.02 Å². The van der Waals surface area contributed by atoms with Gasteiger partial charge in [0, 0.05) is 11.5 Å². The van der Waals surface area contributed by atoms with Gasteiger partial charge in [-0.2, -0.15) is 0 Å². The molecule has 1 fully saturated rings. The maximum atomic E-state index is 13.2. The second-order valence-corrected chi connectivity index (χ2v) is 6.51. The average molecular weight is 387 g/mol. The van der Waals surface area contributed by atoms with Gasteiger partial charge in [0.25, 0.3) is 0 Å². The standard InChI is InChI=1S/C18H15ClN4O4/c1-2-26-18(25)15-14(17(27-21-15)10-3-4-10)16(24)12-6-5-11(9-13(12)19)23-8-7-20-22-23/h5-10H,2-4H2,1H3. The van der Waals surface area contributed by atoms with Gasteiger partial charge in [0.05, 0.1) is 29.7 Å². The zero-order chi connectivity index (χ0) is 19.0. The van der Waals surface area contributed by atoms with E-state index in [0.717, 1.165) is 12.8 Å². The number of rotatable bonds is 6. The van der Waals surface area contributed by atoms with E-state index in [1.54, 1.807) is 31.3 Å². The van der Waals surface area contributed by atoms with Crippen LogP contribution < -0.4 is 0 Å². The van der Waals surface area contributed by atoms with Gasteiger partial charge in [-0.25, -0.2) is 9.48 Å². The molecule has 4 rings (SSSR count). The highest BCUT2D eigenvalue weighted by molar-refractivity contribution is 6.35. The number of hydrogen-bond donors (Lipinski definition) is 0. The van der Waals surface area contributed by atoms with Gasteiger partial charge in [-0.05, 0) is 38.0 Å². The largest absolute Gasteiger partial charge is 0.461 e. The molecule has 1 aliphatic rings. The van der Waals surface area contributed by atoms with Crippen molar-refractivity contribution in [3.63, 3.8) is 0 Å². The van der Waals surface area contributed by atoms with Crippen molar-refractivity contribution in [2.75, 3.05) is 6.61 Å². The van der Waals surface area contributed by atoms with Crippen molar-refractivity contribution < 1.29 is 18.8 Å². The van der Waals surface area contributed by atoms with Gasteiger partial charge in [0.2, 0.25) is 11.5 Å². The van der Waals surface area contributed by atoms with Crippen molar-refractivity contribution in [1.29, 1.82) is 0 Å². The zero-order valence-corrected chi connectivity index (χ0v) is 15.1. The summed E-state index contributed by atoms with van der Waals surface area (Å²) >= 11 is 6.35. The first-order chi connectivity index (χ1) is 13.1. The Morgan fingerprint density at radius 3 is 2.81 bits per heavy atom. The molecule has 0 N–H and O–H groups in total. The fourth-order valence-electron chi connectivity index (χ4n) is 2.80. The molecular weight excluding hydrogens is 372 g/mol. The summed E-state index contributed by atoms with van der Waals surface area (Å²) in [5.41, 5.74) is 0.926. The van der Waals surface area contributed by atoms with Gasteiger partial charge in [0.15, 0.2) is 5.76 Å². The first-order valence-electron chi connectivity index (χ1n) is 8.47. The third-order valence-corrected chi connectivity index (χ3v) is 4.56. The molecule has 8 nitrogen and oxygen atoms in total. The number of halogens is 1. The van der Waals surface area contributed by atoms with E-state index < -0.39 is 11.8 Å². The average Bonchev–Trinajstić information content (AvgIpc) is 3.19. The van der Waals surface area contributed by atoms with Crippen LogP contribution in [0.25, 0.3) is 5.69 Å². The minimum Gasteiger partial charge on any atom is -0.461 e. The van der Waals surface area contributed by atoms with Crippen LogP contribution in [0.5, 0.6) is 0 Å². The lowest BCUT2D eigenvalue weighted by Gasteiger charge is -2.07. The Morgan fingerprint density at radius 1 is 1.37 bits per heavy atom. The highest BCUT2D eigenvalue weighted by Crippen LogP contribution is 2.43. The summed E-state index contributed by atoms with van der Waals surface area (Å²) < 4.78 is 11.8. The summed E-state index contributed by atoms with van der Waals surface area (Å²) in [5.74, 6) is -0.601. The maximum Gasteiger partial charge on any atom is 0.361 e. The van der Waals surface area contributed by atoms with Crippen LogP contribution in [0.3, 0.4) is 0 Å². The van der Waals surface area contributed by atoms with Crippen LogP contribution in [-0.2, 0) is 4.74 Å². The van der Waals surface area contributed by atoms with Crippen LogP contribution in [0.4, 0.5) is 0 Å². The van der Waals surface area contributed by atoms with E-state index in [9.17, 15) is 9.59 Å². The lowest BCUT2D eigenvalue weighted by Crippen LogP contribution is -2.13. The molecular formula is C18H15ClN4O4. The molecule has 2 heterocycles. The minimum atomic E-state index is -0.688. The minimum absolute atomic E-state index is 0.0906. The topological polar surface area (TPSA) is 100 Å². The van der Waals surface area contributed by atoms with Crippen LogP contribution in [0, 0.1) is 0 Å². The summed E-state index contributed by atoms with van der Waals surface area (Å²) in [7, 11) is 0. The number of hydrogen-bond acceptors (Lipinski definition) is 7. The second kappa shape index (κ2) is 6.96. The van der Waals surface area contributed by atoms with E-state index in [2.05, 4.69) is 15.5 Å². The summed E-state index contributed by atoms with van der Waals surface area (Å²) in [6, 6.07) is 4.89. The third kappa shape index (κ3) is 3.23. The zero-order valence-electron chi connectivity index (χ0n) is 14.4. The van der Waals surface area contributed by atoms with E-state index in [0.29, 0.717) is 11.4 Å². The van der Waals surface area contributed by atoms with Gasteiger partial charge in [-0.15, -0.1) is 5.10 Å². The van der Waals surface area contributed by atoms with E-state index in [1.807, 2.05) is 0 Å². The van der Waals surface area contributed by atoms with Gasteiger partial charge in [-0.3, -0.25) is 4.79 Å². The Balaban J connectivity index is 1.74. The van der Waals surface area contributed by atoms with E-state index in [1.165, 1.54) is 10.9 Å². The highest BCUT2D eigenvalue weighted by atomic mass is 35.5. The molecule has 3 aromatic rings. The number of benzene rings is 1. The van der Waals surface area contributed by atoms with Crippen molar-refractivity contribution in [3.05, 3.63) is 58.2 Å². The molecule has 1 saturated carbocycles. The van der Waals surface area contributed by atoms with E-state index in [-0.39, 0.29) is 34.4 Å². The molecule has 0 amide bonds. The van der Waals surface area contributed by atoms with Crippen LogP contribution >= 0.6 is 11.6 Å². The second-order valence-electron chi connectivity index (χ2n) is 6.11. The Morgan fingerprint density at radius 2 is 2.19 bits per heavy atom. The molecule has 1 aromatic carbocycles. The van der Waals surface area contributed by atoms with Gasteiger partial charge >= 0.3 is 5.97 Å². The van der Waals surface area contributed by atoms with Gasteiger partial charge < -0.3 is 9.26 Å². The van der Waals surface area contributed by atoms with Crippen LogP contribution in [-0.4, -0.2) is 38.5 Å². The highest BCUT2D eigenvalue weighted by Gasteiger charge is 2.38. The Kier molecular flexibility index (Phi) is 4.49. The van der Waals surface area contributed by atoms with Crippen LogP contribution in [0.1, 0.15) is 57.9 Å². The van der Waals surface area contributed by atoms with Crippen molar-refractivity contribution >= 4 is 23.4 Å². The quantitative estimate of drug-likeness (QED) is 0.473. The predicted octanol–water partition coefficient (Wildman–Crippen LogP) is 3.19. The Hall–Kier alpha value is -3.00. The molecule has 1 aliphatic carbocycles. The molecule has 9 heteroatoms. The molecule has 138 valence electrons. The summed E-state index contributed by atoms with van der Waals surface area (Å²) in [6.45, 7) is 1.85. The number of aromatic nitrogens is 4. The fraction of sp³-hybridized carbons (Fsp3) is 0.278. The number of carbonyl (C=O) groups excluding carboxylic acids is 2. The molecule has 0 bridgehead atoms. The molecule has 0 radical (unpaired) electrons. The van der Waals surface area contributed by atoms with E-state index >= 15 is 0 Å². The lowest BCUT2D eigenvalue weighted by atomic mass is 9.99. The fourth-order valence-corrected chi connectivity index (χ4v) is 3.06. The molecule has 2 aromatic heterocycles. The number of esters is 1. The summed E-state index contributed by atoms with van der Waals surface area (Å²) in [6.07, 6.45) is 4.97. The van der Waals surface area contributed by atoms with Crippen molar-refractivity contribution in [2.24, 2.45) is 0 Å². The number of ketones is 1. The number of ether oxygens (including phenoxy) is 1. The smallest absolute Gasteiger partial charge is 0.361 e. The summed E-state index contributed by atoms with van der Waals surface area (Å²) in [4.78, 5) is 25.4. The SMILES string of the molecule is CCOC(=O)c1noc(C2CC2)c1C(=O)c1ccc(-n2ccnn2)cc1Cl. The molecule has 27 heavy (non-hydrogen) atoms. The first-order valence-corrected chi connectivity index (χ1v) is 8.85. The Bertz CT molecular complexity index is 1010. The van der Waals surface area contributed by atoms with Gasteiger partial charge in [-0.1, -0.05) is 22.0 Å². The maximum absolute atomic E-state index is 13.2. The molecule has 0 unspecified atom stereocenters. The van der Waals surface area contributed by atoms with Crippen molar-refractivity contribution in [3.8, 4) is 5.69 Å². The number of carbonyl (C=O) groups is 2. The molecule has 0 atom stereocenters. The first kappa shape index (κ1) is 17.4.